The fourth-order valence-corrected chi connectivity index (χ4v) is 3.21. The second kappa shape index (κ2) is 6.22. The molecule has 0 aliphatic rings. The first-order chi connectivity index (χ1) is 9.08. The molecule has 2 atom stereocenters. The Balaban J connectivity index is 2.27. The molecular formula is C16H18FNS. The van der Waals surface area contributed by atoms with Gasteiger partial charge in [0.1, 0.15) is 5.82 Å². The van der Waals surface area contributed by atoms with Crippen molar-refractivity contribution in [2.45, 2.75) is 30.0 Å². The Bertz CT molecular complexity index is 537. The highest BCUT2D eigenvalue weighted by Gasteiger charge is 2.19. The third kappa shape index (κ3) is 3.58. The van der Waals surface area contributed by atoms with Gasteiger partial charge >= 0.3 is 0 Å². The molecular weight excluding hydrogens is 257 g/mol. The monoisotopic (exact) mass is 275 g/mol. The summed E-state index contributed by atoms with van der Waals surface area (Å²) in [6.07, 6.45) is 0. The predicted molar refractivity (Wildman–Crippen MR) is 79.8 cm³/mol. The molecule has 0 aromatic heterocycles. The zero-order valence-corrected chi connectivity index (χ0v) is 12.0. The maximum Gasteiger partial charge on any atom is 0.123 e. The van der Waals surface area contributed by atoms with Crippen LogP contribution in [0.25, 0.3) is 0 Å². The average Bonchev–Trinajstić information content (AvgIpc) is 2.39. The molecule has 0 amide bonds. The van der Waals surface area contributed by atoms with E-state index in [1.54, 1.807) is 23.9 Å². The summed E-state index contributed by atoms with van der Waals surface area (Å²) < 4.78 is 12.9. The van der Waals surface area contributed by atoms with Crippen LogP contribution in [0.4, 0.5) is 4.39 Å². The number of aryl methyl sites for hydroxylation is 1. The summed E-state index contributed by atoms with van der Waals surface area (Å²) in [5.74, 6) is -0.211. The smallest absolute Gasteiger partial charge is 0.123 e. The summed E-state index contributed by atoms with van der Waals surface area (Å²) in [6, 6.07) is 14.9. The van der Waals surface area contributed by atoms with Crippen LogP contribution in [0.2, 0.25) is 0 Å². The molecule has 2 N–H and O–H groups in total. The fraction of sp³-hybridized carbons (Fsp3) is 0.250. The Hall–Kier alpha value is -1.32. The normalized spacial score (nSPS) is 14.1. The Morgan fingerprint density at radius 3 is 2.26 bits per heavy atom. The molecule has 0 aliphatic carbocycles. The van der Waals surface area contributed by atoms with Crippen LogP contribution in [0.15, 0.2) is 53.4 Å². The third-order valence-corrected chi connectivity index (χ3v) is 4.53. The van der Waals surface area contributed by atoms with Crippen molar-refractivity contribution in [1.82, 2.24) is 0 Å². The molecule has 100 valence electrons. The summed E-state index contributed by atoms with van der Waals surface area (Å²) in [7, 11) is 0. The number of nitrogens with two attached hydrogens (primary N) is 1. The van der Waals surface area contributed by atoms with Crippen LogP contribution < -0.4 is 5.73 Å². The largest absolute Gasteiger partial charge is 0.327 e. The lowest BCUT2D eigenvalue weighted by Crippen LogP contribution is -2.23. The summed E-state index contributed by atoms with van der Waals surface area (Å²) in [5, 5.41) is 0.173. The van der Waals surface area contributed by atoms with Crippen molar-refractivity contribution in [3.63, 3.8) is 0 Å². The lowest BCUT2D eigenvalue weighted by molar-refractivity contribution is 0.626. The van der Waals surface area contributed by atoms with Crippen LogP contribution in [-0.4, -0.2) is 6.04 Å². The zero-order chi connectivity index (χ0) is 13.8. The van der Waals surface area contributed by atoms with Gasteiger partial charge in [0.15, 0.2) is 0 Å². The van der Waals surface area contributed by atoms with Gasteiger partial charge in [-0.05, 0) is 49.2 Å². The molecule has 0 aliphatic heterocycles. The summed E-state index contributed by atoms with van der Waals surface area (Å²) >= 11 is 1.68. The van der Waals surface area contributed by atoms with Gasteiger partial charge in [-0.25, -0.2) is 4.39 Å². The van der Waals surface area contributed by atoms with E-state index in [9.17, 15) is 4.39 Å². The number of benzene rings is 2. The van der Waals surface area contributed by atoms with Gasteiger partial charge in [0.25, 0.3) is 0 Å². The first-order valence-electron chi connectivity index (χ1n) is 6.31. The average molecular weight is 275 g/mol. The van der Waals surface area contributed by atoms with E-state index in [1.165, 1.54) is 23.3 Å². The number of hydrogen-bond donors (Lipinski definition) is 1. The molecule has 2 unspecified atom stereocenters. The molecule has 0 saturated heterocycles. The lowest BCUT2D eigenvalue weighted by Gasteiger charge is -2.22. The van der Waals surface area contributed by atoms with Crippen LogP contribution in [0, 0.1) is 12.7 Å². The van der Waals surface area contributed by atoms with Gasteiger partial charge in [-0.15, -0.1) is 11.8 Å². The molecule has 0 radical (unpaired) electrons. The van der Waals surface area contributed by atoms with E-state index in [-0.39, 0.29) is 17.1 Å². The van der Waals surface area contributed by atoms with Gasteiger partial charge in [-0.3, -0.25) is 0 Å². The van der Waals surface area contributed by atoms with Crippen molar-refractivity contribution in [2.24, 2.45) is 5.73 Å². The first-order valence-corrected chi connectivity index (χ1v) is 7.19. The molecule has 2 aromatic carbocycles. The van der Waals surface area contributed by atoms with Crippen molar-refractivity contribution < 1.29 is 4.39 Å². The van der Waals surface area contributed by atoms with E-state index >= 15 is 0 Å². The minimum atomic E-state index is -0.211. The summed E-state index contributed by atoms with van der Waals surface area (Å²) in [5.41, 5.74) is 8.60. The van der Waals surface area contributed by atoms with E-state index in [2.05, 4.69) is 19.1 Å². The van der Waals surface area contributed by atoms with E-state index in [1.807, 2.05) is 19.1 Å². The van der Waals surface area contributed by atoms with Crippen molar-refractivity contribution in [3.8, 4) is 0 Å². The number of hydrogen-bond acceptors (Lipinski definition) is 2. The second-order valence-corrected chi connectivity index (χ2v) is 5.92. The van der Waals surface area contributed by atoms with Crippen molar-refractivity contribution in [2.75, 3.05) is 0 Å². The fourth-order valence-electron chi connectivity index (χ4n) is 2.02. The Morgan fingerprint density at radius 2 is 1.68 bits per heavy atom. The molecule has 0 fully saturated rings. The number of halogens is 1. The van der Waals surface area contributed by atoms with Gasteiger partial charge < -0.3 is 5.73 Å². The quantitative estimate of drug-likeness (QED) is 0.841. The first kappa shape index (κ1) is 14.1. The van der Waals surface area contributed by atoms with Gasteiger partial charge in [-0.1, -0.05) is 24.3 Å². The Labute approximate surface area is 118 Å². The molecule has 0 bridgehead atoms. The van der Waals surface area contributed by atoms with Crippen LogP contribution in [0.1, 0.15) is 23.3 Å². The Morgan fingerprint density at radius 1 is 1.05 bits per heavy atom. The highest BCUT2D eigenvalue weighted by Crippen LogP contribution is 2.38. The van der Waals surface area contributed by atoms with Crippen molar-refractivity contribution in [1.29, 1.82) is 0 Å². The lowest BCUT2D eigenvalue weighted by atomic mass is 10.0. The van der Waals surface area contributed by atoms with Crippen molar-refractivity contribution >= 4 is 11.8 Å². The third-order valence-electron chi connectivity index (χ3n) is 3.05. The zero-order valence-electron chi connectivity index (χ0n) is 11.1. The maximum atomic E-state index is 12.9. The molecule has 19 heavy (non-hydrogen) atoms. The molecule has 0 spiro atoms. The SMILES string of the molecule is Cc1ccccc1C(Sc1ccc(F)cc1)C(C)N. The van der Waals surface area contributed by atoms with Crippen molar-refractivity contribution in [3.05, 3.63) is 65.5 Å². The van der Waals surface area contributed by atoms with E-state index in [0.29, 0.717) is 0 Å². The molecule has 3 heteroatoms. The molecule has 1 nitrogen and oxygen atoms in total. The molecule has 0 saturated carbocycles. The minimum absolute atomic E-state index is 0.0242. The summed E-state index contributed by atoms with van der Waals surface area (Å²) in [4.78, 5) is 1.03. The second-order valence-electron chi connectivity index (χ2n) is 4.71. The minimum Gasteiger partial charge on any atom is -0.327 e. The highest BCUT2D eigenvalue weighted by molar-refractivity contribution is 7.99. The Kier molecular flexibility index (Phi) is 4.61. The van der Waals surface area contributed by atoms with Crippen LogP contribution in [0.5, 0.6) is 0 Å². The van der Waals surface area contributed by atoms with Crippen LogP contribution >= 0.6 is 11.8 Å². The molecule has 2 aromatic rings. The van der Waals surface area contributed by atoms with Gasteiger partial charge in [-0.2, -0.15) is 0 Å². The summed E-state index contributed by atoms with van der Waals surface area (Å²) in [6.45, 7) is 4.10. The van der Waals surface area contributed by atoms with Gasteiger partial charge in [0.2, 0.25) is 0 Å². The van der Waals surface area contributed by atoms with E-state index < -0.39 is 0 Å². The maximum absolute atomic E-state index is 12.9. The van der Waals surface area contributed by atoms with Crippen LogP contribution in [0.3, 0.4) is 0 Å². The van der Waals surface area contributed by atoms with Gasteiger partial charge in [0, 0.05) is 16.2 Å². The highest BCUT2D eigenvalue weighted by atomic mass is 32.2. The molecule has 2 rings (SSSR count). The van der Waals surface area contributed by atoms with E-state index in [4.69, 9.17) is 5.73 Å². The standard InChI is InChI=1S/C16H18FNS/c1-11-5-3-4-6-15(11)16(12(2)18)19-14-9-7-13(17)8-10-14/h3-10,12,16H,18H2,1-2H3. The topological polar surface area (TPSA) is 26.0 Å². The number of rotatable bonds is 4. The number of thioether (sulfide) groups is 1. The van der Waals surface area contributed by atoms with Crippen LogP contribution in [-0.2, 0) is 0 Å². The predicted octanol–water partition coefficient (Wildman–Crippen LogP) is 4.31. The van der Waals surface area contributed by atoms with Gasteiger partial charge in [0.05, 0.1) is 0 Å². The van der Waals surface area contributed by atoms with E-state index in [0.717, 1.165) is 4.90 Å². The molecule has 0 heterocycles.